The van der Waals surface area contributed by atoms with E-state index in [2.05, 4.69) is 27.1 Å². The Balaban J connectivity index is 2.08. The van der Waals surface area contributed by atoms with E-state index in [0.29, 0.717) is 11.3 Å². The monoisotopic (exact) mass is 338 g/mol. The number of hydrogen-bond acceptors (Lipinski definition) is 3. The van der Waals surface area contributed by atoms with Gasteiger partial charge in [0.05, 0.1) is 17.4 Å². The summed E-state index contributed by atoms with van der Waals surface area (Å²) >= 11 is 3.39. The fourth-order valence-electron chi connectivity index (χ4n) is 2.14. The molecule has 0 amide bonds. The number of halogens is 1. The fourth-order valence-corrected chi connectivity index (χ4v) is 2.58. The van der Waals surface area contributed by atoms with Gasteiger partial charge in [0.15, 0.2) is 0 Å². The van der Waals surface area contributed by atoms with Crippen LogP contribution >= 0.6 is 15.9 Å². The lowest BCUT2D eigenvalue weighted by atomic mass is 10.1. The predicted octanol–water partition coefficient (Wildman–Crippen LogP) is 3.76. The van der Waals surface area contributed by atoms with Crippen LogP contribution < -0.4 is 5.73 Å². The van der Waals surface area contributed by atoms with Crippen molar-refractivity contribution in [3.8, 4) is 22.9 Å². The van der Waals surface area contributed by atoms with Crippen LogP contribution in [0.5, 0.6) is 0 Å². The van der Waals surface area contributed by atoms with Crippen molar-refractivity contribution >= 4 is 21.6 Å². The van der Waals surface area contributed by atoms with Crippen LogP contribution in [0, 0.1) is 11.3 Å². The normalized spacial score (nSPS) is 10.3. The minimum atomic E-state index is 0.555. The van der Waals surface area contributed by atoms with E-state index in [4.69, 9.17) is 5.73 Å². The summed E-state index contributed by atoms with van der Waals surface area (Å²) in [6.45, 7) is 0. The molecular formula is C16H11BrN4. The second-order valence-corrected chi connectivity index (χ2v) is 5.40. The van der Waals surface area contributed by atoms with Gasteiger partial charge in [0, 0.05) is 21.9 Å². The molecule has 0 atom stereocenters. The Labute approximate surface area is 130 Å². The first-order chi connectivity index (χ1) is 10.2. The van der Waals surface area contributed by atoms with Crippen LogP contribution in [0.15, 0.2) is 59.3 Å². The lowest BCUT2D eigenvalue weighted by Gasteiger charge is -2.05. The van der Waals surface area contributed by atoms with Crippen molar-refractivity contribution in [3.05, 3.63) is 64.9 Å². The number of aromatic nitrogens is 2. The van der Waals surface area contributed by atoms with Crippen molar-refractivity contribution in [2.24, 2.45) is 0 Å². The lowest BCUT2D eigenvalue weighted by Crippen LogP contribution is -1.98. The number of anilines is 1. The summed E-state index contributed by atoms with van der Waals surface area (Å²) in [5.74, 6) is 0. The van der Waals surface area contributed by atoms with Gasteiger partial charge in [-0.15, -0.1) is 0 Å². The summed E-state index contributed by atoms with van der Waals surface area (Å²) in [6, 6.07) is 15.4. The standard InChI is InChI=1S/C16H11BrN4/c17-15-5-2-6-16(14(15)8-18)21-10-12(9-20-21)11-3-1-4-13(19)7-11/h1-7,9-10H,19H2. The summed E-state index contributed by atoms with van der Waals surface area (Å²) in [4.78, 5) is 0. The highest BCUT2D eigenvalue weighted by atomic mass is 79.9. The Morgan fingerprint density at radius 1 is 1.14 bits per heavy atom. The second-order valence-electron chi connectivity index (χ2n) is 4.54. The van der Waals surface area contributed by atoms with Crippen LogP contribution in [0.25, 0.3) is 16.8 Å². The first-order valence-corrected chi connectivity index (χ1v) is 7.08. The molecule has 5 heteroatoms. The average Bonchev–Trinajstić information content (AvgIpc) is 2.96. The van der Waals surface area contributed by atoms with Gasteiger partial charge >= 0.3 is 0 Å². The van der Waals surface area contributed by atoms with Crippen LogP contribution in [0.2, 0.25) is 0 Å². The highest BCUT2D eigenvalue weighted by Gasteiger charge is 2.10. The third kappa shape index (κ3) is 2.54. The van der Waals surface area contributed by atoms with Gasteiger partial charge in [-0.2, -0.15) is 10.4 Å². The van der Waals surface area contributed by atoms with Gasteiger partial charge in [-0.05, 0) is 45.8 Å². The van der Waals surface area contributed by atoms with Crippen molar-refractivity contribution in [1.29, 1.82) is 5.26 Å². The van der Waals surface area contributed by atoms with Gasteiger partial charge < -0.3 is 5.73 Å². The molecule has 102 valence electrons. The topological polar surface area (TPSA) is 67.6 Å². The molecule has 0 unspecified atom stereocenters. The zero-order valence-electron chi connectivity index (χ0n) is 11.0. The molecule has 0 bridgehead atoms. The molecule has 1 aromatic heterocycles. The highest BCUT2D eigenvalue weighted by Crippen LogP contribution is 2.25. The molecule has 0 saturated heterocycles. The van der Waals surface area contributed by atoms with E-state index in [0.717, 1.165) is 21.3 Å². The summed E-state index contributed by atoms with van der Waals surface area (Å²) in [6.07, 6.45) is 3.65. The minimum Gasteiger partial charge on any atom is -0.399 e. The first-order valence-electron chi connectivity index (χ1n) is 6.28. The molecule has 21 heavy (non-hydrogen) atoms. The van der Waals surface area contributed by atoms with E-state index < -0.39 is 0 Å². The fraction of sp³-hybridized carbons (Fsp3) is 0. The van der Waals surface area contributed by atoms with Gasteiger partial charge in [-0.1, -0.05) is 18.2 Å². The van der Waals surface area contributed by atoms with Crippen molar-refractivity contribution in [1.82, 2.24) is 9.78 Å². The molecule has 0 aliphatic carbocycles. The van der Waals surface area contributed by atoms with E-state index in [1.807, 2.05) is 48.7 Å². The minimum absolute atomic E-state index is 0.555. The van der Waals surface area contributed by atoms with E-state index in [1.165, 1.54) is 0 Å². The number of nitriles is 1. The molecular weight excluding hydrogens is 328 g/mol. The van der Waals surface area contributed by atoms with Crippen LogP contribution in [0.3, 0.4) is 0 Å². The van der Waals surface area contributed by atoms with Crippen LogP contribution in [-0.2, 0) is 0 Å². The Hall–Kier alpha value is -2.58. The first kappa shape index (κ1) is 13.4. The van der Waals surface area contributed by atoms with Gasteiger partial charge in [0.25, 0.3) is 0 Å². The number of benzene rings is 2. The predicted molar refractivity (Wildman–Crippen MR) is 85.8 cm³/mol. The molecule has 0 spiro atoms. The maximum Gasteiger partial charge on any atom is 0.103 e. The van der Waals surface area contributed by atoms with Crippen molar-refractivity contribution in [3.63, 3.8) is 0 Å². The number of rotatable bonds is 2. The average molecular weight is 339 g/mol. The molecule has 0 aliphatic heterocycles. The smallest absolute Gasteiger partial charge is 0.103 e. The van der Waals surface area contributed by atoms with Crippen LogP contribution in [0.4, 0.5) is 5.69 Å². The van der Waals surface area contributed by atoms with E-state index in [1.54, 1.807) is 10.9 Å². The van der Waals surface area contributed by atoms with E-state index in [-0.39, 0.29) is 0 Å². The highest BCUT2D eigenvalue weighted by molar-refractivity contribution is 9.10. The zero-order chi connectivity index (χ0) is 14.8. The van der Waals surface area contributed by atoms with Crippen molar-refractivity contribution < 1.29 is 0 Å². The van der Waals surface area contributed by atoms with E-state index in [9.17, 15) is 5.26 Å². The number of nitrogens with two attached hydrogens (primary N) is 1. The Bertz CT molecular complexity index is 845. The molecule has 0 saturated carbocycles. The summed E-state index contributed by atoms with van der Waals surface area (Å²) in [7, 11) is 0. The van der Waals surface area contributed by atoms with E-state index >= 15 is 0 Å². The van der Waals surface area contributed by atoms with Gasteiger partial charge in [0.2, 0.25) is 0 Å². The van der Waals surface area contributed by atoms with Gasteiger partial charge in [-0.25, -0.2) is 4.68 Å². The third-order valence-corrected chi connectivity index (χ3v) is 3.81. The Kier molecular flexibility index (Phi) is 3.46. The van der Waals surface area contributed by atoms with Crippen molar-refractivity contribution in [2.45, 2.75) is 0 Å². The second kappa shape index (κ2) is 5.43. The van der Waals surface area contributed by atoms with Crippen molar-refractivity contribution in [2.75, 3.05) is 5.73 Å². The summed E-state index contributed by atoms with van der Waals surface area (Å²) in [5.41, 5.74) is 9.75. The molecule has 1 heterocycles. The van der Waals surface area contributed by atoms with Gasteiger partial charge in [-0.3, -0.25) is 0 Å². The quantitative estimate of drug-likeness (QED) is 0.723. The zero-order valence-corrected chi connectivity index (χ0v) is 12.6. The number of hydrogen-bond donors (Lipinski definition) is 1. The number of nitrogens with zero attached hydrogens (tertiary/aromatic N) is 3. The molecule has 0 fully saturated rings. The van der Waals surface area contributed by atoms with Crippen LogP contribution in [0.1, 0.15) is 5.56 Å². The SMILES string of the molecule is N#Cc1c(Br)cccc1-n1cc(-c2cccc(N)c2)cn1. The third-order valence-electron chi connectivity index (χ3n) is 3.15. The maximum absolute atomic E-state index is 9.28. The summed E-state index contributed by atoms with van der Waals surface area (Å²) in [5, 5.41) is 13.6. The molecule has 0 aliphatic rings. The summed E-state index contributed by atoms with van der Waals surface area (Å²) < 4.78 is 2.45. The van der Waals surface area contributed by atoms with Gasteiger partial charge in [0.1, 0.15) is 6.07 Å². The largest absolute Gasteiger partial charge is 0.399 e. The van der Waals surface area contributed by atoms with Crippen LogP contribution in [-0.4, -0.2) is 9.78 Å². The molecule has 2 N–H and O–H groups in total. The maximum atomic E-state index is 9.28. The Morgan fingerprint density at radius 3 is 2.71 bits per heavy atom. The molecule has 0 radical (unpaired) electrons. The molecule has 2 aromatic carbocycles. The molecule has 3 rings (SSSR count). The molecule has 3 aromatic rings. The lowest BCUT2D eigenvalue weighted by molar-refractivity contribution is 0.876. The Morgan fingerprint density at radius 2 is 1.95 bits per heavy atom. The number of nitrogen functional groups attached to an aromatic ring is 1. The molecule has 4 nitrogen and oxygen atoms in total.